The summed E-state index contributed by atoms with van der Waals surface area (Å²) in [5.74, 6) is -2.57. The van der Waals surface area contributed by atoms with Gasteiger partial charge in [-0.2, -0.15) is 0 Å². The fourth-order valence-corrected chi connectivity index (χ4v) is 2.41. The highest BCUT2D eigenvalue weighted by atomic mass is 16.6. The molecule has 9 nitrogen and oxygen atoms in total. The molecule has 0 saturated heterocycles. The van der Waals surface area contributed by atoms with Gasteiger partial charge in [-0.3, -0.25) is 14.4 Å². The zero-order valence-corrected chi connectivity index (χ0v) is 19.6. The standard InChI is InChI=1S/C21H39N3O6/c1-13(2)17(19(28)30-21(6,7)8)24-18(27)14(23-15(25)10-9-11-22)12-16(26)29-20(3,4)5/h13-14,17H,9-12,22H2,1-8H3,(H,23,25)(H,24,27)/t14-,17-/m0/s1. The fourth-order valence-electron chi connectivity index (χ4n) is 2.41. The minimum atomic E-state index is -1.19. The zero-order chi connectivity index (χ0) is 23.7. The molecule has 2 atom stereocenters. The van der Waals surface area contributed by atoms with E-state index in [1.807, 2.05) is 0 Å². The lowest BCUT2D eigenvalue weighted by Gasteiger charge is -2.28. The van der Waals surface area contributed by atoms with Crippen molar-refractivity contribution < 1.29 is 28.7 Å². The molecule has 0 spiro atoms. The molecule has 0 radical (unpaired) electrons. The van der Waals surface area contributed by atoms with Gasteiger partial charge in [0.15, 0.2) is 0 Å². The summed E-state index contributed by atoms with van der Waals surface area (Å²) in [4.78, 5) is 49.8. The van der Waals surface area contributed by atoms with Gasteiger partial charge in [-0.05, 0) is 60.4 Å². The lowest BCUT2D eigenvalue weighted by atomic mass is 10.0. The molecule has 0 aliphatic heterocycles. The van der Waals surface area contributed by atoms with E-state index in [1.165, 1.54) is 0 Å². The van der Waals surface area contributed by atoms with Crippen LogP contribution in [0.1, 0.15) is 74.7 Å². The Morgan fingerprint density at radius 2 is 1.43 bits per heavy atom. The van der Waals surface area contributed by atoms with E-state index >= 15 is 0 Å². The van der Waals surface area contributed by atoms with E-state index < -0.39 is 47.0 Å². The zero-order valence-electron chi connectivity index (χ0n) is 19.6. The molecule has 0 aromatic heterocycles. The molecule has 0 heterocycles. The van der Waals surface area contributed by atoms with Crippen molar-refractivity contribution in [1.29, 1.82) is 0 Å². The topological polar surface area (TPSA) is 137 Å². The maximum absolute atomic E-state index is 12.9. The SMILES string of the molecule is CC(C)[C@H](NC(=O)[C@H](CC(=O)OC(C)(C)C)NC(=O)CCCN)C(=O)OC(C)(C)C. The van der Waals surface area contributed by atoms with Crippen LogP contribution in [0.5, 0.6) is 0 Å². The van der Waals surface area contributed by atoms with Crippen LogP contribution in [0.2, 0.25) is 0 Å². The van der Waals surface area contributed by atoms with Gasteiger partial charge in [0, 0.05) is 6.42 Å². The lowest BCUT2D eigenvalue weighted by molar-refractivity contribution is -0.160. The van der Waals surface area contributed by atoms with E-state index in [9.17, 15) is 19.2 Å². The molecular weight excluding hydrogens is 390 g/mol. The maximum atomic E-state index is 12.9. The van der Waals surface area contributed by atoms with Gasteiger partial charge < -0.3 is 25.8 Å². The van der Waals surface area contributed by atoms with Crippen molar-refractivity contribution in [3.63, 3.8) is 0 Å². The van der Waals surface area contributed by atoms with Crippen LogP contribution in [0.3, 0.4) is 0 Å². The third kappa shape index (κ3) is 12.4. The second kappa shape index (κ2) is 11.9. The highest BCUT2D eigenvalue weighted by Gasteiger charge is 2.33. The average Bonchev–Trinajstić information content (AvgIpc) is 2.53. The van der Waals surface area contributed by atoms with Crippen molar-refractivity contribution in [2.24, 2.45) is 11.7 Å². The number of amides is 2. The van der Waals surface area contributed by atoms with Crippen LogP contribution >= 0.6 is 0 Å². The van der Waals surface area contributed by atoms with Crippen LogP contribution in [0.4, 0.5) is 0 Å². The van der Waals surface area contributed by atoms with Crippen molar-refractivity contribution >= 4 is 23.8 Å². The molecule has 30 heavy (non-hydrogen) atoms. The average molecular weight is 430 g/mol. The van der Waals surface area contributed by atoms with Gasteiger partial charge in [0.2, 0.25) is 11.8 Å². The largest absolute Gasteiger partial charge is 0.460 e. The Hall–Kier alpha value is -2.16. The summed E-state index contributed by atoms with van der Waals surface area (Å²) < 4.78 is 10.6. The highest BCUT2D eigenvalue weighted by molar-refractivity contribution is 5.93. The molecule has 0 unspecified atom stereocenters. The third-order valence-electron chi connectivity index (χ3n) is 3.68. The van der Waals surface area contributed by atoms with E-state index in [0.717, 1.165) is 0 Å². The minimum Gasteiger partial charge on any atom is -0.460 e. The van der Waals surface area contributed by atoms with E-state index in [0.29, 0.717) is 13.0 Å². The predicted molar refractivity (Wildman–Crippen MR) is 113 cm³/mol. The summed E-state index contributed by atoms with van der Waals surface area (Å²) in [5.41, 5.74) is 3.96. The molecule has 2 amide bonds. The first-order valence-electron chi connectivity index (χ1n) is 10.3. The molecule has 0 saturated carbocycles. The Morgan fingerprint density at radius 1 is 0.900 bits per heavy atom. The van der Waals surface area contributed by atoms with Gasteiger partial charge in [-0.25, -0.2) is 4.79 Å². The Balaban J connectivity index is 5.41. The maximum Gasteiger partial charge on any atom is 0.329 e. The van der Waals surface area contributed by atoms with E-state index in [2.05, 4.69) is 10.6 Å². The van der Waals surface area contributed by atoms with Gasteiger partial charge in [-0.1, -0.05) is 13.8 Å². The van der Waals surface area contributed by atoms with Crippen molar-refractivity contribution in [2.75, 3.05) is 6.54 Å². The highest BCUT2D eigenvalue weighted by Crippen LogP contribution is 2.14. The number of rotatable bonds is 10. The first-order valence-corrected chi connectivity index (χ1v) is 10.3. The number of nitrogens with one attached hydrogen (secondary N) is 2. The second-order valence-electron chi connectivity index (χ2n) is 9.57. The normalized spacial score (nSPS) is 13.9. The van der Waals surface area contributed by atoms with Crippen molar-refractivity contribution in [3.8, 4) is 0 Å². The Morgan fingerprint density at radius 3 is 1.87 bits per heavy atom. The van der Waals surface area contributed by atoms with Gasteiger partial charge >= 0.3 is 11.9 Å². The van der Waals surface area contributed by atoms with Crippen LogP contribution in [0.25, 0.3) is 0 Å². The molecular formula is C21H39N3O6. The quantitative estimate of drug-likeness (QED) is 0.447. The van der Waals surface area contributed by atoms with Crippen molar-refractivity contribution in [1.82, 2.24) is 10.6 Å². The molecule has 0 bridgehead atoms. The van der Waals surface area contributed by atoms with Crippen LogP contribution in [-0.4, -0.2) is 53.6 Å². The molecule has 9 heteroatoms. The second-order valence-corrected chi connectivity index (χ2v) is 9.57. The van der Waals surface area contributed by atoms with Crippen LogP contribution in [0.15, 0.2) is 0 Å². The summed E-state index contributed by atoms with van der Waals surface area (Å²) in [5, 5.41) is 5.15. The van der Waals surface area contributed by atoms with Gasteiger partial charge in [-0.15, -0.1) is 0 Å². The van der Waals surface area contributed by atoms with Gasteiger partial charge in [0.1, 0.15) is 23.3 Å². The molecule has 174 valence electrons. The molecule has 0 aliphatic carbocycles. The number of ether oxygens (including phenoxy) is 2. The van der Waals surface area contributed by atoms with E-state index in [1.54, 1.807) is 55.4 Å². The Bertz CT molecular complexity index is 605. The summed E-state index contributed by atoms with van der Waals surface area (Å²) in [7, 11) is 0. The summed E-state index contributed by atoms with van der Waals surface area (Å²) in [6.45, 7) is 14.2. The molecule has 4 N–H and O–H groups in total. The van der Waals surface area contributed by atoms with Crippen LogP contribution in [-0.2, 0) is 28.7 Å². The minimum absolute atomic E-state index is 0.119. The summed E-state index contributed by atoms with van der Waals surface area (Å²) >= 11 is 0. The molecule has 0 fully saturated rings. The summed E-state index contributed by atoms with van der Waals surface area (Å²) in [6, 6.07) is -2.12. The van der Waals surface area contributed by atoms with Gasteiger partial charge in [0.25, 0.3) is 0 Å². The third-order valence-corrected chi connectivity index (χ3v) is 3.68. The molecule has 0 aromatic rings. The summed E-state index contributed by atoms with van der Waals surface area (Å²) in [6.07, 6.45) is 0.198. The van der Waals surface area contributed by atoms with Crippen molar-refractivity contribution in [2.45, 2.75) is 97.9 Å². The Labute approximate surface area is 179 Å². The predicted octanol–water partition coefficient (Wildman–Crippen LogP) is 1.42. The number of carbonyl (C=O) groups excluding carboxylic acids is 4. The van der Waals surface area contributed by atoms with E-state index in [4.69, 9.17) is 15.2 Å². The van der Waals surface area contributed by atoms with E-state index in [-0.39, 0.29) is 18.8 Å². The fraction of sp³-hybridized carbons (Fsp3) is 0.810. The number of hydrogen-bond donors (Lipinski definition) is 3. The number of esters is 2. The lowest BCUT2D eigenvalue weighted by Crippen LogP contribution is -2.54. The molecule has 0 rings (SSSR count). The van der Waals surface area contributed by atoms with Gasteiger partial charge in [0.05, 0.1) is 6.42 Å². The first-order chi connectivity index (χ1) is 13.6. The first kappa shape index (κ1) is 27.8. The number of hydrogen-bond acceptors (Lipinski definition) is 7. The smallest absolute Gasteiger partial charge is 0.329 e. The number of nitrogens with two attached hydrogens (primary N) is 1. The Kier molecular flexibility index (Phi) is 11.0. The van der Waals surface area contributed by atoms with Crippen molar-refractivity contribution in [3.05, 3.63) is 0 Å². The van der Waals surface area contributed by atoms with Crippen LogP contribution < -0.4 is 16.4 Å². The molecule has 0 aliphatic rings. The van der Waals surface area contributed by atoms with Crippen LogP contribution in [0, 0.1) is 5.92 Å². The monoisotopic (exact) mass is 429 g/mol. The number of carbonyl (C=O) groups is 4. The molecule has 0 aromatic carbocycles.